The van der Waals surface area contributed by atoms with Gasteiger partial charge in [0.05, 0.1) is 0 Å². The molecule has 0 aliphatic rings. The van der Waals surface area contributed by atoms with Crippen LogP contribution in [-0.4, -0.2) is 16.2 Å². The predicted molar refractivity (Wildman–Crippen MR) is 50.3 cm³/mol. The minimum absolute atomic E-state index is 0.0765. The van der Waals surface area contributed by atoms with E-state index >= 15 is 0 Å². The summed E-state index contributed by atoms with van der Waals surface area (Å²) in [6.07, 6.45) is 0.971. The zero-order valence-corrected chi connectivity index (χ0v) is 7.65. The average molecular weight is 194 g/mol. The molecule has 74 valence electrons. The van der Waals surface area contributed by atoms with E-state index in [1.165, 1.54) is 6.07 Å². The summed E-state index contributed by atoms with van der Waals surface area (Å²) in [6.45, 7) is 4.80. The van der Waals surface area contributed by atoms with E-state index in [0.717, 1.165) is 12.1 Å². The number of esters is 1. The number of hydrogen-bond donors (Lipinski definition) is 2. The molecule has 4 heteroatoms. The monoisotopic (exact) mass is 194 g/mol. The molecule has 1 rings (SSSR count). The molecule has 14 heavy (non-hydrogen) atoms. The molecular formula is C10H10O4. The quantitative estimate of drug-likeness (QED) is 0.324. The second-order valence-corrected chi connectivity index (χ2v) is 2.73. The van der Waals surface area contributed by atoms with Gasteiger partial charge in [-0.3, -0.25) is 0 Å². The maximum Gasteiger partial charge on any atom is 0.335 e. The molecule has 0 amide bonds. The van der Waals surface area contributed by atoms with Gasteiger partial charge in [0, 0.05) is 12.1 Å². The third-order valence-corrected chi connectivity index (χ3v) is 1.63. The molecule has 0 aromatic heterocycles. The maximum atomic E-state index is 10.8. The van der Waals surface area contributed by atoms with Gasteiger partial charge in [0.2, 0.25) is 0 Å². The number of carbonyl (C=O) groups is 1. The number of benzene rings is 1. The zero-order valence-electron chi connectivity index (χ0n) is 7.65. The fraction of sp³-hybridized carbons (Fsp3) is 0.100. The van der Waals surface area contributed by atoms with Crippen LogP contribution in [0.25, 0.3) is 0 Å². The molecule has 0 radical (unpaired) electrons. The molecule has 0 fully saturated rings. The topological polar surface area (TPSA) is 66.8 Å². The van der Waals surface area contributed by atoms with Crippen LogP contribution in [0.15, 0.2) is 24.8 Å². The van der Waals surface area contributed by atoms with Gasteiger partial charge < -0.3 is 14.9 Å². The van der Waals surface area contributed by atoms with E-state index in [0.29, 0.717) is 5.56 Å². The van der Waals surface area contributed by atoms with E-state index in [9.17, 15) is 15.0 Å². The fourth-order valence-corrected chi connectivity index (χ4v) is 0.957. The summed E-state index contributed by atoms with van der Waals surface area (Å²) in [7, 11) is 0. The molecule has 0 aliphatic heterocycles. The first-order chi connectivity index (χ1) is 6.54. The van der Waals surface area contributed by atoms with Gasteiger partial charge in [-0.15, -0.1) is 0 Å². The van der Waals surface area contributed by atoms with Crippen LogP contribution in [0.3, 0.4) is 0 Å². The Bertz CT molecular complexity index is 382. The van der Waals surface area contributed by atoms with E-state index in [1.54, 1.807) is 6.92 Å². The van der Waals surface area contributed by atoms with Gasteiger partial charge in [0.25, 0.3) is 0 Å². The second kappa shape index (κ2) is 3.83. The Kier molecular flexibility index (Phi) is 2.76. The first-order valence-electron chi connectivity index (χ1n) is 3.91. The highest BCUT2D eigenvalue weighted by Gasteiger charge is 2.10. The highest BCUT2D eigenvalue weighted by atomic mass is 16.5. The average Bonchev–Trinajstić information content (AvgIpc) is 2.13. The Morgan fingerprint density at radius 3 is 2.71 bits per heavy atom. The highest BCUT2D eigenvalue weighted by Crippen LogP contribution is 2.33. The predicted octanol–water partition coefficient (Wildman–Crippen LogP) is 1.50. The third kappa shape index (κ3) is 2.04. The lowest BCUT2D eigenvalue weighted by atomic mass is 10.2. The van der Waals surface area contributed by atoms with E-state index in [1.807, 2.05) is 0 Å². The number of ether oxygens (including phenoxy) is 1. The number of rotatable bonds is 2. The Hall–Kier alpha value is -1.97. The summed E-state index contributed by atoms with van der Waals surface area (Å²) in [5.74, 6) is -1.01. The van der Waals surface area contributed by atoms with E-state index in [2.05, 4.69) is 11.3 Å². The van der Waals surface area contributed by atoms with Crippen molar-refractivity contribution in [1.82, 2.24) is 0 Å². The summed E-state index contributed by atoms with van der Waals surface area (Å²) in [5, 5.41) is 18.6. The van der Waals surface area contributed by atoms with Crippen molar-refractivity contribution < 1.29 is 19.7 Å². The molecule has 0 atom stereocenters. The molecule has 4 nitrogen and oxygen atoms in total. The zero-order chi connectivity index (χ0) is 10.7. The molecule has 2 N–H and O–H groups in total. The lowest BCUT2D eigenvalue weighted by Gasteiger charge is -2.06. The van der Waals surface area contributed by atoms with Crippen LogP contribution in [0.5, 0.6) is 17.2 Å². The van der Waals surface area contributed by atoms with Crippen LogP contribution in [0.2, 0.25) is 0 Å². The number of phenolic OH excluding ortho intramolecular Hbond substituents is 2. The van der Waals surface area contributed by atoms with Crippen LogP contribution in [-0.2, 0) is 4.79 Å². The molecule has 1 aromatic carbocycles. The Morgan fingerprint density at radius 1 is 1.50 bits per heavy atom. The molecule has 0 spiro atoms. The van der Waals surface area contributed by atoms with Gasteiger partial charge in [-0.25, -0.2) is 4.79 Å². The van der Waals surface area contributed by atoms with Crippen molar-refractivity contribution in [2.24, 2.45) is 0 Å². The van der Waals surface area contributed by atoms with Gasteiger partial charge >= 0.3 is 5.97 Å². The maximum absolute atomic E-state index is 10.8. The minimum atomic E-state index is -0.690. The van der Waals surface area contributed by atoms with Crippen LogP contribution in [0.4, 0.5) is 0 Å². The number of carbonyl (C=O) groups excluding carboxylic acids is 1. The van der Waals surface area contributed by atoms with Crippen molar-refractivity contribution in [3.63, 3.8) is 0 Å². The lowest BCUT2D eigenvalue weighted by Crippen LogP contribution is -2.03. The van der Waals surface area contributed by atoms with Gasteiger partial charge in [0.15, 0.2) is 11.5 Å². The van der Waals surface area contributed by atoms with Gasteiger partial charge in [-0.1, -0.05) is 6.58 Å². The largest absolute Gasteiger partial charge is 0.508 e. The van der Waals surface area contributed by atoms with Crippen molar-refractivity contribution in [2.45, 2.75) is 6.92 Å². The Labute approximate surface area is 81.1 Å². The molecule has 0 saturated carbocycles. The summed E-state index contributed by atoms with van der Waals surface area (Å²) in [5.41, 5.74) is 0.428. The third-order valence-electron chi connectivity index (χ3n) is 1.63. The normalized spacial score (nSPS) is 9.50. The molecular weight excluding hydrogens is 184 g/mol. The highest BCUT2D eigenvalue weighted by molar-refractivity contribution is 5.84. The van der Waals surface area contributed by atoms with E-state index in [-0.39, 0.29) is 17.2 Å². The van der Waals surface area contributed by atoms with Crippen LogP contribution in [0.1, 0.15) is 5.56 Å². The van der Waals surface area contributed by atoms with E-state index < -0.39 is 5.97 Å². The summed E-state index contributed by atoms with van der Waals surface area (Å²) >= 11 is 0. The van der Waals surface area contributed by atoms with Crippen LogP contribution >= 0.6 is 0 Å². The first-order valence-corrected chi connectivity index (χ1v) is 3.91. The van der Waals surface area contributed by atoms with Crippen LogP contribution < -0.4 is 4.74 Å². The number of hydrogen-bond acceptors (Lipinski definition) is 4. The Morgan fingerprint density at radius 2 is 2.14 bits per heavy atom. The van der Waals surface area contributed by atoms with Crippen molar-refractivity contribution in [2.75, 3.05) is 0 Å². The fourth-order valence-electron chi connectivity index (χ4n) is 0.957. The van der Waals surface area contributed by atoms with Crippen molar-refractivity contribution in [1.29, 1.82) is 0 Å². The number of aryl methyl sites for hydroxylation is 1. The second-order valence-electron chi connectivity index (χ2n) is 2.73. The number of phenols is 2. The van der Waals surface area contributed by atoms with Gasteiger partial charge in [-0.2, -0.15) is 0 Å². The van der Waals surface area contributed by atoms with Gasteiger partial charge in [-0.05, 0) is 18.6 Å². The van der Waals surface area contributed by atoms with Crippen molar-refractivity contribution in [3.8, 4) is 17.2 Å². The lowest BCUT2D eigenvalue weighted by molar-refractivity contribution is -0.129. The molecule has 0 saturated heterocycles. The Balaban J connectivity index is 3.07. The number of aromatic hydroxyl groups is 2. The standard InChI is InChI=1S/C10H10O4/c1-3-9(12)14-8-5-7(11)4-6(2)10(8)13/h3-5,11,13H,1H2,2H3. The molecule has 1 aromatic rings. The summed E-state index contributed by atoms with van der Waals surface area (Å²) in [4.78, 5) is 10.8. The smallest absolute Gasteiger partial charge is 0.335 e. The summed E-state index contributed by atoms with van der Waals surface area (Å²) < 4.78 is 4.69. The molecule has 0 unspecified atom stereocenters. The molecule has 0 aliphatic carbocycles. The minimum Gasteiger partial charge on any atom is -0.508 e. The van der Waals surface area contributed by atoms with Crippen molar-refractivity contribution >= 4 is 5.97 Å². The van der Waals surface area contributed by atoms with Crippen LogP contribution in [0, 0.1) is 6.92 Å². The molecule has 0 heterocycles. The first kappa shape index (κ1) is 10.1. The SMILES string of the molecule is C=CC(=O)Oc1cc(O)cc(C)c1O. The summed E-state index contributed by atoms with van der Waals surface area (Å²) in [6, 6.07) is 2.52. The molecule has 0 bridgehead atoms. The van der Waals surface area contributed by atoms with Crippen molar-refractivity contribution in [3.05, 3.63) is 30.4 Å². The van der Waals surface area contributed by atoms with E-state index in [4.69, 9.17) is 0 Å². The van der Waals surface area contributed by atoms with Gasteiger partial charge in [0.1, 0.15) is 5.75 Å².